The van der Waals surface area contributed by atoms with Crippen molar-refractivity contribution in [3.63, 3.8) is 0 Å². The predicted octanol–water partition coefficient (Wildman–Crippen LogP) is 3.08. The van der Waals surface area contributed by atoms with E-state index in [1.54, 1.807) is 24.3 Å². The molecular formula is C20H21N3O4. The van der Waals surface area contributed by atoms with E-state index >= 15 is 0 Å². The van der Waals surface area contributed by atoms with E-state index in [4.69, 9.17) is 9.47 Å². The van der Waals surface area contributed by atoms with E-state index in [2.05, 4.69) is 10.3 Å². The van der Waals surface area contributed by atoms with Crippen LogP contribution in [0.3, 0.4) is 0 Å². The van der Waals surface area contributed by atoms with Gasteiger partial charge in [0.15, 0.2) is 11.5 Å². The second-order valence-electron chi connectivity index (χ2n) is 6.69. The molecule has 2 aliphatic heterocycles. The second kappa shape index (κ2) is 7.65. The van der Waals surface area contributed by atoms with Crippen LogP contribution in [-0.2, 0) is 0 Å². The molecule has 140 valence electrons. The van der Waals surface area contributed by atoms with Gasteiger partial charge in [-0.1, -0.05) is 12.8 Å². The molecule has 0 atom stereocenters. The molecule has 1 aromatic carbocycles. The summed E-state index contributed by atoms with van der Waals surface area (Å²) in [4.78, 5) is 31.3. The lowest BCUT2D eigenvalue weighted by atomic mass is 10.1. The van der Waals surface area contributed by atoms with E-state index < -0.39 is 0 Å². The van der Waals surface area contributed by atoms with Crippen LogP contribution in [0.5, 0.6) is 11.5 Å². The van der Waals surface area contributed by atoms with Crippen LogP contribution in [0.1, 0.15) is 46.4 Å². The Balaban J connectivity index is 1.48. The van der Waals surface area contributed by atoms with Crippen molar-refractivity contribution < 1.29 is 19.1 Å². The number of carbonyl (C=O) groups excluding carboxylic acids is 2. The summed E-state index contributed by atoms with van der Waals surface area (Å²) >= 11 is 0. The van der Waals surface area contributed by atoms with Crippen LogP contribution in [0, 0.1) is 0 Å². The van der Waals surface area contributed by atoms with Crippen LogP contribution < -0.4 is 14.8 Å². The van der Waals surface area contributed by atoms with Crippen LogP contribution in [0.4, 0.5) is 5.69 Å². The lowest BCUT2D eigenvalue weighted by molar-refractivity contribution is 0.0761. The number of carbonyl (C=O) groups is 2. The Bertz CT molecular complexity index is 860. The summed E-state index contributed by atoms with van der Waals surface area (Å²) in [5.74, 6) is 0.852. The summed E-state index contributed by atoms with van der Waals surface area (Å²) in [7, 11) is 0. The number of hydrogen-bond acceptors (Lipinski definition) is 5. The predicted molar refractivity (Wildman–Crippen MR) is 99.1 cm³/mol. The first-order valence-electron chi connectivity index (χ1n) is 9.16. The third-order valence-corrected chi connectivity index (χ3v) is 4.77. The molecule has 4 rings (SSSR count). The van der Waals surface area contributed by atoms with E-state index in [1.807, 2.05) is 4.90 Å². The Morgan fingerprint density at radius 1 is 0.926 bits per heavy atom. The van der Waals surface area contributed by atoms with Gasteiger partial charge >= 0.3 is 0 Å². The maximum Gasteiger partial charge on any atom is 0.257 e. The highest BCUT2D eigenvalue weighted by molar-refractivity contribution is 6.06. The van der Waals surface area contributed by atoms with Crippen LogP contribution in [0.15, 0.2) is 36.7 Å². The lowest BCUT2D eigenvalue weighted by Gasteiger charge is -2.20. The van der Waals surface area contributed by atoms with Crippen LogP contribution in [0.2, 0.25) is 0 Å². The molecule has 7 nitrogen and oxygen atoms in total. The number of amides is 2. The maximum absolute atomic E-state index is 12.7. The molecule has 1 saturated heterocycles. The third kappa shape index (κ3) is 3.86. The number of benzene rings is 1. The molecule has 1 aromatic heterocycles. The fourth-order valence-electron chi connectivity index (χ4n) is 3.31. The SMILES string of the molecule is O=C(Nc1ccc2c(c1)OCO2)c1cncc(C(=O)N2CCCCCC2)c1. The Kier molecular flexibility index (Phi) is 4.91. The number of likely N-dealkylation sites (tertiary alicyclic amines) is 1. The Morgan fingerprint density at radius 3 is 2.48 bits per heavy atom. The Morgan fingerprint density at radius 2 is 1.67 bits per heavy atom. The third-order valence-electron chi connectivity index (χ3n) is 4.77. The van der Waals surface area contributed by atoms with E-state index in [1.165, 1.54) is 12.4 Å². The molecule has 0 unspecified atom stereocenters. The molecule has 0 saturated carbocycles. The fraction of sp³-hybridized carbons (Fsp3) is 0.350. The number of aromatic nitrogens is 1. The molecule has 0 bridgehead atoms. The number of nitrogens with one attached hydrogen (secondary N) is 1. The van der Waals surface area contributed by atoms with Gasteiger partial charge in [0.1, 0.15) is 0 Å². The number of ether oxygens (including phenoxy) is 2. The normalized spacial score (nSPS) is 15.9. The van der Waals surface area contributed by atoms with Crippen molar-refractivity contribution in [3.8, 4) is 11.5 Å². The van der Waals surface area contributed by atoms with Gasteiger partial charge in [-0.25, -0.2) is 0 Å². The average Bonchev–Trinajstić information content (AvgIpc) is 2.99. The van der Waals surface area contributed by atoms with E-state index in [0.29, 0.717) is 28.3 Å². The molecule has 1 fully saturated rings. The molecule has 2 amide bonds. The number of hydrogen-bond donors (Lipinski definition) is 1. The molecule has 0 radical (unpaired) electrons. The van der Waals surface area contributed by atoms with Gasteiger partial charge in [-0.05, 0) is 31.0 Å². The number of anilines is 1. The van der Waals surface area contributed by atoms with Gasteiger partial charge in [-0.2, -0.15) is 0 Å². The molecule has 1 N–H and O–H groups in total. The van der Waals surface area contributed by atoms with Crippen molar-refractivity contribution in [3.05, 3.63) is 47.8 Å². The largest absolute Gasteiger partial charge is 0.454 e. The quantitative estimate of drug-likeness (QED) is 0.902. The van der Waals surface area contributed by atoms with Gasteiger partial charge in [0, 0.05) is 37.2 Å². The number of rotatable bonds is 3. The van der Waals surface area contributed by atoms with Crippen LogP contribution in [-0.4, -0.2) is 41.6 Å². The highest BCUT2D eigenvalue weighted by atomic mass is 16.7. The Labute approximate surface area is 157 Å². The molecule has 0 spiro atoms. The highest BCUT2D eigenvalue weighted by Gasteiger charge is 2.19. The van der Waals surface area contributed by atoms with Crippen molar-refractivity contribution in [2.75, 3.05) is 25.2 Å². The van der Waals surface area contributed by atoms with E-state index in [-0.39, 0.29) is 18.6 Å². The lowest BCUT2D eigenvalue weighted by Crippen LogP contribution is -2.32. The van der Waals surface area contributed by atoms with Gasteiger partial charge in [0.2, 0.25) is 6.79 Å². The first-order valence-corrected chi connectivity index (χ1v) is 9.16. The molecule has 7 heteroatoms. The van der Waals surface area contributed by atoms with Crippen molar-refractivity contribution in [2.24, 2.45) is 0 Å². The smallest absolute Gasteiger partial charge is 0.257 e. The van der Waals surface area contributed by atoms with E-state index in [0.717, 1.165) is 38.8 Å². The number of fused-ring (bicyclic) bond motifs is 1. The molecule has 2 aliphatic rings. The summed E-state index contributed by atoms with van der Waals surface area (Å²) in [5.41, 5.74) is 1.37. The number of pyridine rings is 1. The highest BCUT2D eigenvalue weighted by Crippen LogP contribution is 2.34. The summed E-state index contributed by atoms with van der Waals surface area (Å²) in [6, 6.07) is 6.79. The summed E-state index contributed by atoms with van der Waals surface area (Å²) < 4.78 is 10.6. The average molecular weight is 367 g/mol. The topological polar surface area (TPSA) is 80.8 Å². The Hall–Kier alpha value is -3.09. The van der Waals surface area contributed by atoms with Crippen molar-refractivity contribution in [1.29, 1.82) is 0 Å². The summed E-state index contributed by atoms with van der Waals surface area (Å²) in [5, 5.41) is 2.80. The minimum atomic E-state index is -0.327. The molecule has 0 aliphatic carbocycles. The molecular weight excluding hydrogens is 346 g/mol. The van der Waals surface area contributed by atoms with Gasteiger partial charge in [-0.15, -0.1) is 0 Å². The molecule has 3 heterocycles. The zero-order valence-electron chi connectivity index (χ0n) is 14.9. The first kappa shape index (κ1) is 17.3. The van der Waals surface area contributed by atoms with Crippen molar-refractivity contribution in [2.45, 2.75) is 25.7 Å². The second-order valence-corrected chi connectivity index (χ2v) is 6.69. The molecule has 27 heavy (non-hydrogen) atoms. The minimum Gasteiger partial charge on any atom is -0.454 e. The van der Waals surface area contributed by atoms with Crippen molar-refractivity contribution >= 4 is 17.5 Å². The zero-order valence-corrected chi connectivity index (χ0v) is 14.9. The monoisotopic (exact) mass is 367 g/mol. The minimum absolute atomic E-state index is 0.0675. The van der Waals surface area contributed by atoms with Crippen LogP contribution >= 0.6 is 0 Å². The van der Waals surface area contributed by atoms with Gasteiger partial charge in [0.25, 0.3) is 11.8 Å². The van der Waals surface area contributed by atoms with E-state index in [9.17, 15) is 9.59 Å². The van der Waals surface area contributed by atoms with Crippen molar-refractivity contribution in [1.82, 2.24) is 9.88 Å². The zero-order chi connectivity index (χ0) is 18.6. The first-order chi connectivity index (χ1) is 13.2. The number of nitrogens with zero attached hydrogens (tertiary/aromatic N) is 2. The van der Waals surface area contributed by atoms with Crippen LogP contribution in [0.25, 0.3) is 0 Å². The van der Waals surface area contributed by atoms with Gasteiger partial charge in [0.05, 0.1) is 11.1 Å². The standard InChI is InChI=1S/C20H21N3O4/c24-19(22-16-5-6-17-18(10-16)27-13-26-17)14-9-15(12-21-11-14)20(25)23-7-3-1-2-4-8-23/h5-6,9-12H,1-4,7-8,13H2,(H,22,24). The fourth-order valence-corrected chi connectivity index (χ4v) is 3.31. The van der Waals surface area contributed by atoms with Gasteiger partial charge < -0.3 is 19.7 Å². The maximum atomic E-state index is 12.7. The summed E-state index contributed by atoms with van der Waals surface area (Å²) in [6.07, 6.45) is 7.32. The molecule has 2 aromatic rings. The van der Waals surface area contributed by atoms with Gasteiger partial charge in [-0.3, -0.25) is 14.6 Å². The summed E-state index contributed by atoms with van der Waals surface area (Å²) in [6.45, 7) is 1.69.